The molecule has 7 heteroatoms. The summed E-state index contributed by atoms with van der Waals surface area (Å²) in [5.41, 5.74) is 1.94. The number of piperidine rings is 1. The highest BCUT2D eigenvalue weighted by atomic mass is 16.5. The Morgan fingerprint density at radius 1 is 1.38 bits per heavy atom. The van der Waals surface area contributed by atoms with Crippen molar-refractivity contribution in [2.24, 2.45) is 0 Å². The number of hydrogen-bond donors (Lipinski definition) is 1. The zero-order valence-electron chi connectivity index (χ0n) is 14.9. The summed E-state index contributed by atoms with van der Waals surface area (Å²) < 4.78 is 5.06. The molecule has 2 aliphatic carbocycles. The molecular weight excluding hydrogens is 332 g/mol. The Hall–Kier alpha value is -2.44. The third-order valence-corrected chi connectivity index (χ3v) is 6.06. The molecule has 1 saturated heterocycles. The molecule has 136 valence electrons. The maximum Gasteiger partial charge on any atom is 0.276 e. The van der Waals surface area contributed by atoms with Crippen molar-refractivity contribution >= 4 is 5.91 Å². The molecule has 2 fully saturated rings. The van der Waals surface area contributed by atoms with Crippen molar-refractivity contribution in [3.8, 4) is 0 Å². The second-order valence-electron chi connectivity index (χ2n) is 7.99. The molecule has 3 heterocycles. The summed E-state index contributed by atoms with van der Waals surface area (Å²) in [7, 11) is 0. The van der Waals surface area contributed by atoms with Crippen LogP contribution in [0.4, 0.5) is 0 Å². The lowest BCUT2D eigenvalue weighted by molar-refractivity contribution is 0.0623. The van der Waals surface area contributed by atoms with E-state index in [0.717, 1.165) is 55.6 Å². The lowest BCUT2D eigenvalue weighted by atomic mass is 9.77. The van der Waals surface area contributed by atoms with Gasteiger partial charge in [-0.2, -0.15) is 0 Å². The molecule has 0 radical (unpaired) electrons. The smallest absolute Gasteiger partial charge is 0.276 e. The van der Waals surface area contributed by atoms with Crippen LogP contribution in [0.2, 0.25) is 0 Å². The minimum absolute atomic E-state index is 0.0179. The van der Waals surface area contributed by atoms with Gasteiger partial charge in [0, 0.05) is 36.1 Å². The van der Waals surface area contributed by atoms with Crippen molar-refractivity contribution in [3.05, 3.63) is 45.0 Å². The summed E-state index contributed by atoms with van der Waals surface area (Å²) in [5, 5.41) is 3.87. The van der Waals surface area contributed by atoms with Crippen LogP contribution >= 0.6 is 0 Å². The Morgan fingerprint density at radius 2 is 2.23 bits per heavy atom. The van der Waals surface area contributed by atoms with Gasteiger partial charge in [0.15, 0.2) is 5.69 Å². The first-order valence-corrected chi connectivity index (χ1v) is 9.42. The fourth-order valence-electron chi connectivity index (χ4n) is 4.55. The van der Waals surface area contributed by atoms with Crippen LogP contribution in [-0.4, -0.2) is 39.0 Å². The van der Waals surface area contributed by atoms with Crippen LogP contribution in [0.3, 0.4) is 0 Å². The molecule has 3 aliphatic rings. The van der Waals surface area contributed by atoms with Crippen LogP contribution in [0.15, 0.2) is 15.4 Å². The van der Waals surface area contributed by atoms with E-state index in [-0.39, 0.29) is 16.9 Å². The molecule has 1 saturated carbocycles. The average molecular weight is 354 g/mol. The van der Waals surface area contributed by atoms with Gasteiger partial charge in [0.2, 0.25) is 0 Å². The van der Waals surface area contributed by atoms with Crippen LogP contribution in [0.25, 0.3) is 0 Å². The first kappa shape index (κ1) is 15.8. The van der Waals surface area contributed by atoms with E-state index in [1.165, 1.54) is 0 Å². The van der Waals surface area contributed by atoms with Gasteiger partial charge in [0.25, 0.3) is 11.5 Å². The summed E-state index contributed by atoms with van der Waals surface area (Å²) in [4.78, 5) is 35.1. The Kier molecular flexibility index (Phi) is 3.36. The van der Waals surface area contributed by atoms with Crippen molar-refractivity contribution in [1.82, 2.24) is 20.0 Å². The number of amides is 1. The van der Waals surface area contributed by atoms with Crippen molar-refractivity contribution in [1.29, 1.82) is 0 Å². The van der Waals surface area contributed by atoms with Crippen LogP contribution in [-0.2, 0) is 11.8 Å². The van der Waals surface area contributed by atoms with Gasteiger partial charge in [0.1, 0.15) is 11.6 Å². The first-order valence-electron chi connectivity index (χ1n) is 9.42. The topological polar surface area (TPSA) is 92.1 Å². The molecule has 1 atom stereocenters. The molecule has 26 heavy (non-hydrogen) atoms. The van der Waals surface area contributed by atoms with E-state index in [0.29, 0.717) is 30.5 Å². The van der Waals surface area contributed by atoms with Gasteiger partial charge in [-0.05, 0) is 45.4 Å². The van der Waals surface area contributed by atoms with Crippen molar-refractivity contribution in [2.75, 3.05) is 13.1 Å². The number of carbonyl (C=O) groups excluding carboxylic acids is 1. The summed E-state index contributed by atoms with van der Waals surface area (Å²) in [6.07, 6.45) is 5.72. The fraction of sp³-hybridized carbons (Fsp3) is 0.579. The number of likely N-dealkylation sites (tertiary alicyclic amines) is 1. The van der Waals surface area contributed by atoms with Crippen LogP contribution in [0, 0.1) is 6.92 Å². The molecule has 1 spiro atoms. The Morgan fingerprint density at radius 3 is 2.96 bits per heavy atom. The molecule has 2 aromatic rings. The van der Waals surface area contributed by atoms with Crippen molar-refractivity contribution in [2.45, 2.75) is 56.8 Å². The van der Waals surface area contributed by atoms with Crippen LogP contribution < -0.4 is 5.56 Å². The molecule has 5 rings (SSSR count). The average Bonchev–Trinajstić information content (AvgIpc) is 3.32. The zero-order valence-corrected chi connectivity index (χ0v) is 14.9. The third kappa shape index (κ3) is 2.40. The standard InChI is InChI=1S/C19H22N4O3/c1-11-9-14(22-26-11)18(25)23-8-2-6-19(10-23)7-5-13-15(19)20-16(12-3-4-12)21-17(13)24/h9,12H,2-8,10H2,1H3,(H,20,21,24). The highest BCUT2D eigenvalue weighted by Gasteiger charge is 2.46. The van der Waals surface area contributed by atoms with Gasteiger partial charge in [0.05, 0.1) is 5.69 Å². The first-order chi connectivity index (χ1) is 12.6. The number of nitrogens with one attached hydrogen (secondary N) is 1. The van der Waals surface area contributed by atoms with Gasteiger partial charge in [-0.15, -0.1) is 0 Å². The number of fused-ring (bicyclic) bond motifs is 2. The summed E-state index contributed by atoms with van der Waals surface area (Å²) in [6, 6.07) is 1.68. The maximum absolute atomic E-state index is 12.8. The second-order valence-corrected chi connectivity index (χ2v) is 7.99. The van der Waals surface area contributed by atoms with E-state index in [1.54, 1.807) is 13.0 Å². The van der Waals surface area contributed by atoms with Gasteiger partial charge in [-0.1, -0.05) is 5.16 Å². The summed E-state index contributed by atoms with van der Waals surface area (Å²) in [6.45, 7) is 3.09. The van der Waals surface area contributed by atoms with E-state index in [1.807, 2.05) is 4.90 Å². The van der Waals surface area contributed by atoms with Crippen LogP contribution in [0.5, 0.6) is 0 Å². The minimum Gasteiger partial charge on any atom is -0.361 e. The molecule has 0 bridgehead atoms. The van der Waals surface area contributed by atoms with E-state index in [2.05, 4.69) is 10.1 Å². The molecule has 1 aliphatic heterocycles. The SMILES string of the molecule is Cc1cc(C(=O)N2CCCC3(CCc4c3nc(C3CC3)[nH]c4=O)C2)no1. The highest BCUT2D eigenvalue weighted by Crippen LogP contribution is 2.45. The van der Waals surface area contributed by atoms with Crippen molar-refractivity contribution in [3.63, 3.8) is 0 Å². The van der Waals surface area contributed by atoms with Crippen molar-refractivity contribution < 1.29 is 9.32 Å². The molecule has 2 aromatic heterocycles. The number of rotatable bonds is 2. The monoisotopic (exact) mass is 354 g/mol. The molecule has 1 N–H and O–H groups in total. The number of aromatic amines is 1. The number of nitrogens with zero attached hydrogens (tertiary/aromatic N) is 3. The van der Waals surface area contributed by atoms with Gasteiger partial charge >= 0.3 is 0 Å². The Balaban J connectivity index is 1.49. The molecule has 7 nitrogen and oxygen atoms in total. The number of carbonyl (C=O) groups is 1. The maximum atomic E-state index is 12.8. The molecular formula is C19H22N4O3. The number of aryl methyl sites for hydroxylation is 1. The number of hydrogen-bond acceptors (Lipinski definition) is 5. The number of aromatic nitrogens is 3. The number of H-pyrrole nitrogens is 1. The third-order valence-electron chi connectivity index (χ3n) is 6.06. The van der Waals surface area contributed by atoms with E-state index in [9.17, 15) is 9.59 Å². The normalized spacial score (nSPS) is 24.9. The second kappa shape index (κ2) is 5.53. The van der Waals surface area contributed by atoms with E-state index < -0.39 is 0 Å². The van der Waals surface area contributed by atoms with Crippen LogP contribution in [0.1, 0.15) is 71.4 Å². The minimum atomic E-state index is -0.195. The van der Waals surface area contributed by atoms with Gasteiger partial charge < -0.3 is 14.4 Å². The predicted octanol–water partition coefficient (Wildman–Crippen LogP) is 2.06. The Bertz CT molecular complexity index is 943. The Labute approximate surface area is 150 Å². The summed E-state index contributed by atoms with van der Waals surface area (Å²) >= 11 is 0. The highest BCUT2D eigenvalue weighted by molar-refractivity contribution is 5.92. The lowest BCUT2D eigenvalue weighted by Gasteiger charge is -2.40. The predicted molar refractivity (Wildman–Crippen MR) is 93.2 cm³/mol. The molecule has 1 amide bonds. The quantitative estimate of drug-likeness (QED) is 0.891. The van der Waals surface area contributed by atoms with E-state index in [4.69, 9.17) is 9.51 Å². The molecule has 1 unspecified atom stereocenters. The molecule has 0 aromatic carbocycles. The largest absolute Gasteiger partial charge is 0.361 e. The lowest BCUT2D eigenvalue weighted by Crippen LogP contribution is -2.48. The van der Waals surface area contributed by atoms with E-state index >= 15 is 0 Å². The zero-order chi connectivity index (χ0) is 17.9. The summed E-state index contributed by atoms with van der Waals surface area (Å²) in [5.74, 6) is 1.78. The van der Waals surface area contributed by atoms with Gasteiger partial charge in [-0.25, -0.2) is 4.98 Å². The fourth-order valence-corrected chi connectivity index (χ4v) is 4.55. The van der Waals surface area contributed by atoms with Gasteiger partial charge in [-0.3, -0.25) is 9.59 Å².